The largest absolute Gasteiger partial charge is 0.452 e. The Hall–Kier alpha value is -2.46. The van der Waals surface area contributed by atoms with Crippen molar-refractivity contribution in [3.8, 4) is 0 Å². The third-order valence-corrected chi connectivity index (χ3v) is 6.34. The molecule has 2 amide bonds. The van der Waals surface area contributed by atoms with E-state index in [0.717, 1.165) is 24.2 Å². The van der Waals surface area contributed by atoms with E-state index in [1.807, 2.05) is 0 Å². The fourth-order valence-electron chi connectivity index (χ4n) is 2.93. The monoisotopic (exact) mass is 396 g/mol. The molecule has 0 aromatic heterocycles. The van der Waals surface area contributed by atoms with Crippen LogP contribution in [0.1, 0.15) is 29.6 Å². The molecule has 10 heteroatoms. The van der Waals surface area contributed by atoms with E-state index in [1.165, 1.54) is 28.6 Å². The van der Waals surface area contributed by atoms with Crippen LogP contribution < -0.4 is 0 Å². The van der Waals surface area contributed by atoms with Crippen LogP contribution in [0.3, 0.4) is 0 Å². The molecule has 2 saturated heterocycles. The molecular weight excluding hydrogens is 376 g/mol. The van der Waals surface area contributed by atoms with Crippen molar-refractivity contribution in [1.82, 2.24) is 9.21 Å². The predicted octanol–water partition coefficient (Wildman–Crippen LogP) is 0.997. The van der Waals surface area contributed by atoms with E-state index in [1.54, 1.807) is 0 Å². The lowest BCUT2D eigenvalue weighted by Gasteiger charge is -2.25. The van der Waals surface area contributed by atoms with Crippen LogP contribution in [0.2, 0.25) is 0 Å². The normalized spacial score (nSPS) is 18.2. The Morgan fingerprint density at radius 2 is 1.70 bits per heavy atom. The quantitative estimate of drug-likeness (QED) is 0.683. The lowest BCUT2D eigenvalue weighted by atomic mass is 10.2. The van der Waals surface area contributed by atoms with E-state index >= 15 is 0 Å². The van der Waals surface area contributed by atoms with Crippen molar-refractivity contribution in [1.29, 1.82) is 0 Å². The highest BCUT2D eigenvalue weighted by atomic mass is 32.2. The molecule has 3 rings (SSSR count). The minimum Gasteiger partial charge on any atom is -0.452 e. The number of piperidine rings is 1. The van der Waals surface area contributed by atoms with Crippen LogP contribution in [0, 0.1) is 0 Å². The number of imide groups is 1. The number of amides is 2. The van der Waals surface area contributed by atoms with E-state index in [9.17, 15) is 22.8 Å². The molecule has 1 aromatic rings. The molecule has 0 spiro atoms. The topological polar surface area (TPSA) is 110 Å². The Bertz CT molecular complexity index is 829. The molecule has 2 aliphatic rings. The van der Waals surface area contributed by atoms with Gasteiger partial charge in [-0.15, -0.1) is 0 Å². The molecule has 1 aromatic carbocycles. The van der Waals surface area contributed by atoms with Crippen molar-refractivity contribution in [2.24, 2.45) is 0 Å². The lowest BCUT2D eigenvalue weighted by molar-refractivity contribution is -0.131. The molecule has 9 nitrogen and oxygen atoms in total. The summed E-state index contributed by atoms with van der Waals surface area (Å²) in [6.45, 7) is 0.631. The Morgan fingerprint density at radius 3 is 2.30 bits per heavy atom. The van der Waals surface area contributed by atoms with Crippen molar-refractivity contribution in [3.63, 3.8) is 0 Å². The van der Waals surface area contributed by atoms with E-state index in [-0.39, 0.29) is 23.6 Å². The van der Waals surface area contributed by atoms with E-state index in [4.69, 9.17) is 4.74 Å². The van der Waals surface area contributed by atoms with Gasteiger partial charge in [-0.1, -0.05) is 6.42 Å². The van der Waals surface area contributed by atoms with Gasteiger partial charge in [0.05, 0.1) is 17.0 Å². The second-order valence-corrected chi connectivity index (χ2v) is 8.16. The molecule has 2 aliphatic heterocycles. The smallest absolute Gasteiger partial charge is 0.416 e. The summed E-state index contributed by atoms with van der Waals surface area (Å²) in [4.78, 5) is 36.1. The summed E-state index contributed by atoms with van der Waals surface area (Å²) in [6, 6.07) is 5.38. The average Bonchev–Trinajstić information content (AvgIpc) is 3.12. The highest BCUT2D eigenvalue weighted by Gasteiger charge is 2.29. The van der Waals surface area contributed by atoms with Gasteiger partial charge in [-0.25, -0.2) is 22.9 Å². The molecular formula is C17H20N2O7S. The van der Waals surface area contributed by atoms with Gasteiger partial charge in [0, 0.05) is 13.1 Å². The van der Waals surface area contributed by atoms with E-state index in [2.05, 4.69) is 4.74 Å². The standard InChI is InChI=1S/C17H20N2O7S/c20-15(19-10-11-25-17(19)22)12-26-16(21)13-4-6-14(7-5-13)27(23,24)18-8-2-1-3-9-18/h4-7H,1-3,8-12H2. The zero-order valence-corrected chi connectivity index (χ0v) is 15.4. The number of sulfonamides is 1. The minimum atomic E-state index is -3.58. The number of ether oxygens (including phenoxy) is 2. The van der Waals surface area contributed by atoms with Crippen LogP contribution in [0.4, 0.5) is 4.79 Å². The molecule has 0 N–H and O–H groups in total. The summed E-state index contributed by atoms with van der Waals surface area (Å²) in [5, 5.41) is 0. The second-order valence-electron chi connectivity index (χ2n) is 6.23. The number of nitrogens with zero attached hydrogens (tertiary/aromatic N) is 2. The maximum atomic E-state index is 12.6. The number of hydrogen-bond acceptors (Lipinski definition) is 7. The lowest BCUT2D eigenvalue weighted by Crippen LogP contribution is -2.35. The van der Waals surface area contributed by atoms with Crippen molar-refractivity contribution in [3.05, 3.63) is 29.8 Å². The zero-order valence-electron chi connectivity index (χ0n) is 14.6. The van der Waals surface area contributed by atoms with Gasteiger partial charge in [0.2, 0.25) is 10.0 Å². The Kier molecular flexibility index (Phi) is 5.76. The molecule has 0 aliphatic carbocycles. The fraction of sp³-hybridized carbons (Fsp3) is 0.471. The molecule has 0 radical (unpaired) electrons. The first kappa shape index (κ1) is 19.3. The molecule has 146 valence electrons. The van der Waals surface area contributed by atoms with Gasteiger partial charge in [0.15, 0.2) is 6.61 Å². The van der Waals surface area contributed by atoms with E-state index in [0.29, 0.717) is 13.1 Å². The molecule has 0 unspecified atom stereocenters. The van der Waals surface area contributed by atoms with Crippen LogP contribution in [0.25, 0.3) is 0 Å². The van der Waals surface area contributed by atoms with Gasteiger partial charge in [-0.2, -0.15) is 4.31 Å². The maximum absolute atomic E-state index is 12.6. The Balaban J connectivity index is 1.60. The molecule has 0 saturated carbocycles. The highest BCUT2D eigenvalue weighted by molar-refractivity contribution is 7.89. The third-order valence-electron chi connectivity index (χ3n) is 4.43. The number of carbonyl (C=O) groups is 3. The number of rotatable bonds is 5. The summed E-state index contributed by atoms with van der Waals surface area (Å²) in [7, 11) is -3.58. The first-order valence-corrected chi connectivity index (χ1v) is 10.1. The summed E-state index contributed by atoms with van der Waals surface area (Å²) < 4.78 is 36.1. The Morgan fingerprint density at radius 1 is 1.04 bits per heavy atom. The van der Waals surface area contributed by atoms with Gasteiger partial charge in [-0.05, 0) is 37.1 Å². The number of esters is 1. The van der Waals surface area contributed by atoms with Crippen molar-refractivity contribution < 1.29 is 32.3 Å². The minimum absolute atomic E-state index is 0.108. The number of hydrogen-bond donors (Lipinski definition) is 0. The van der Waals surface area contributed by atoms with Gasteiger partial charge in [0.1, 0.15) is 6.61 Å². The first-order valence-electron chi connectivity index (χ1n) is 8.64. The number of benzene rings is 1. The fourth-order valence-corrected chi connectivity index (χ4v) is 4.44. The van der Waals surface area contributed by atoms with Gasteiger partial charge in [0.25, 0.3) is 5.91 Å². The van der Waals surface area contributed by atoms with Crippen molar-refractivity contribution in [2.75, 3.05) is 32.8 Å². The molecule has 27 heavy (non-hydrogen) atoms. The van der Waals surface area contributed by atoms with Gasteiger partial charge >= 0.3 is 12.1 Å². The van der Waals surface area contributed by atoms with Gasteiger partial charge < -0.3 is 9.47 Å². The third kappa shape index (κ3) is 4.28. The zero-order chi connectivity index (χ0) is 19.4. The predicted molar refractivity (Wildman–Crippen MR) is 92.4 cm³/mol. The van der Waals surface area contributed by atoms with Crippen LogP contribution >= 0.6 is 0 Å². The van der Waals surface area contributed by atoms with Crippen LogP contribution in [-0.2, 0) is 24.3 Å². The maximum Gasteiger partial charge on any atom is 0.416 e. The van der Waals surface area contributed by atoms with E-state index < -0.39 is 34.6 Å². The van der Waals surface area contributed by atoms with Crippen molar-refractivity contribution >= 4 is 28.0 Å². The summed E-state index contributed by atoms with van der Waals surface area (Å²) >= 11 is 0. The average molecular weight is 396 g/mol. The second kappa shape index (κ2) is 8.05. The first-order chi connectivity index (χ1) is 12.9. The van der Waals surface area contributed by atoms with Crippen molar-refractivity contribution in [2.45, 2.75) is 24.2 Å². The SMILES string of the molecule is O=C(OCC(=O)N1CCOC1=O)c1ccc(S(=O)(=O)N2CCCCC2)cc1. The molecule has 0 atom stereocenters. The van der Waals surface area contributed by atoms with Crippen LogP contribution in [0.15, 0.2) is 29.2 Å². The van der Waals surface area contributed by atoms with Crippen LogP contribution in [-0.4, -0.2) is 68.4 Å². The molecule has 2 heterocycles. The Labute approximate surface area is 156 Å². The summed E-state index contributed by atoms with van der Waals surface area (Å²) in [6.07, 6.45) is 1.93. The number of carbonyl (C=O) groups excluding carboxylic acids is 3. The summed E-state index contributed by atoms with van der Waals surface area (Å²) in [5.41, 5.74) is 0.115. The molecule has 0 bridgehead atoms. The highest BCUT2D eigenvalue weighted by Crippen LogP contribution is 2.21. The molecule has 2 fully saturated rings. The number of cyclic esters (lactones) is 1. The summed E-state index contributed by atoms with van der Waals surface area (Å²) in [5.74, 6) is -1.45. The van der Waals surface area contributed by atoms with Gasteiger partial charge in [-0.3, -0.25) is 4.79 Å². The van der Waals surface area contributed by atoms with Crippen LogP contribution in [0.5, 0.6) is 0 Å².